The molecule has 0 bridgehead atoms. The SMILES string of the molecule is C=CCN(C(=O)COc1ccccc1F)c1nc(-c2ccc([N+](=O)[O-])cc2)cs1. The summed E-state index contributed by atoms with van der Waals surface area (Å²) in [5.41, 5.74) is 1.25. The number of nitro groups is 1. The summed E-state index contributed by atoms with van der Waals surface area (Å²) < 4.78 is 18.9. The van der Waals surface area contributed by atoms with Crippen LogP contribution in [0.15, 0.2) is 66.6 Å². The van der Waals surface area contributed by atoms with Gasteiger partial charge in [0.05, 0.1) is 10.6 Å². The molecule has 3 rings (SSSR count). The van der Waals surface area contributed by atoms with E-state index < -0.39 is 16.6 Å². The van der Waals surface area contributed by atoms with Crippen molar-refractivity contribution in [3.05, 3.63) is 82.5 Å². The number of ether oxygens (including phenoxy) is 1. The molecule has 0 atom stereocenters. The van der Waals surface area contributed by atoms with Gasteiger partial charge in [-0.3, -0.25) is 19.8 Å². The maximum Gasteiger partial charge on any atom is 0.269 e. The van der Waals surface area contributed by atoms with Crippen LogP contribution in [-0.4, -0.2) is 29.0 Å². The standard InChI is InChI=1S/C20H16FN3O4S/c1-2-11-23(19(25)12-28-18-6-4-3-5-16(18)21)20-22-17(13-29-20)14-7-9-15(10-8-14)24(26)27/h2-10,13H,1,11-12H2. The molecule has 7 nitrogen and oxygen atoms in total. The van der Waals surface area contributed by atoms with Gasteiger partial charge in [0.15, 0.2) is 23.3 Å². The van der Waals surface area contributed by atoms with Gasteiger partial charge in [-0.15, -0.1) is 17.9 Å². The number of amides is 1. The van der Waals surface area contributed by atoms with Gasteiger partial charge in [-0.1, -0.05) is 18.2 Å². The summed E-state index contributed by atoms with van der Waals surface area (Å²) in [7, 11) is 0. The minimum Gasteiger partial charge on any atom is -0.481 e. The second-order valence-corrected chi connectivity index (χ2v) is 6.67. The van der Waals surface area contributed by atoms with Crippen molar-refractivity contribution < 1.29 is 18.8 Å². The van der Waals surface area contributed by atoms with Crippen LogP contribution in [0, 0.1) is 15.9 Å². The first kappa shape index (κ1) is 20.2. The van der Waals surface area contributed by atoms with Crippen molar-refractivity contribution >= 4 is 28.1 Å². The van der Waals surface area contributed by atoms with Gasteiger partial charge in [0, 0.05) is 29.6 Å². The zero-order chi connectivity index (χ0) is 20.8. The Morgan fingerprint density at radius 2 is 2.00 bits per heavy atom. The Morgan fingerprint density at radius 3 is 2.66 bits per heavy atom. The van der Waals surface area contributed by atoms with Gasteiger partial charge in [0.2, 0.25) is 0 Å². The van der Waals surface area contributed by atoms with Crippen molar-refractivity contribution in [2.45, 2.75) is 0 Å². The predicted octanol–water partition coefficient (Wildman–Crippen LogP) is 4.46. The number of carbonyl (C=O) groups excluding carboxylic acids is 1. The Balaban J connectivity index is 1.75. The van der Waals surface area contributed by atoms with Gasteiger partial charge in [-0.25, -0.2) is 9.37 Å². The fraction of sp³-hybridized carbons (Fsp3) is 0.100. The normalized spacial score (nSPS) is 10.4. The quantitative estimate of drug-likeness (QED) is 0.309. The lowest BCUT2D eigenvalue weighted by atomic mass is 10.1. The van der Waals surface area contributed by atoms with E-state index in [2.05, 4.69) is 11.6 Å². The van der Waals surface area contributed by atoms with Crippen molar-refractivity contribution in [2.75, 3.05) is 18.1 Å². The van der Waals surface area contributed by atoms with Gasteiger partial charge < -0.3 is 4.74 Å². The number of aromatic nitrogens is 1. The number of halogens is 1. The zero-order valence-corrected chi connectivity index (χ0v) is 16.0. The molecule has 0 saturated carbocycles. The lowest BCUT2D eigenvalue weighted by Gasteiger charge is -2.18. The van der Waals surface area contributed by atoms with Crippen molar-refractivity contribution in [2.24, 2.45) is 0 Å². The Labute approximate surface area is 169 Å². The van der Waals surface area contributed by atoms with Crippen LogP contribution in [0.3, 0.4) is 0 Å². The number of carbonyl (C=O) groups is 1. The van der Waals surface area contributed by atoms with Crippen molar-refractivity contribution in [1.82, 2.24) is 4.98 Å². The van der Waals surface area contributed by atoms with Gasteiger partial charge in [-0.2, -0.15) is 0 Å². The molecule has 0 N–H and O–H groups in total. The van der Waals surface area contributed by atoms with Crippen LogP contribution in [0.2, 0.25) is 0 Å². The first-order valence-electron chi connectivity index (χ1n) is 8.48. The van der Waals surface area contributed by atoms with E-state index in [-0.39, 0.29) is 24.6 Å². The minimum absolute atomic E-state index is 0.00916. The van der Waals surface area contributed by atoms with Crippen molar-refractivity contribution in [3.8, 4) is 17.0 Å². The lowest BCUT2D eigenvalue weighted by Crippen LogP contribution is -2.35. The Hall–Kier alpha value is -3.59. The number of para-hydroxylation sites is 1. The highest BCUT2D eigenvalue weighted by Gasteiger charge is 2.20. The van der Waals surface area contributed by atoms with Crippen LogP contribution < -0.4 is 9.64 Å². The molecular formula is C20H16FN3O4S. The number of non-ortho nitro benzene ring substituents is 1. The fourth-order valence-corrected chi connectivity index (χ4v) is 3.33. The lowest BCUT2D eigenvalue weighted by molar-refractivity contribution is -0.384. The second kappa shape index (κ2) is 9.07. The number of hydrogen-bond donors (Lipinski definition) is 0. The van der Waals surface area contributed by atoms with Crippen LogP contribution >= 0.6 is 11.3 Å². The van der Waals surface area contributed by atoms with E-state index in [1.165, 1.54) is 46.6 Å². The highest BCUT2D eigenvalue weighted by atomic mass is 32.1. The predicted molar refractivity (Wildman–Crippen MR) is 109 cm³/mol. The topological polar surface area (TPSA) is 85.6 Å². The molecule has 29 heavy (non-hydrogen) atoms. The van der Waals surface area contributed by atoms with Crippen LogP contribution in [0.1, 0.15) is 0 Å². The van der Waals surface area contributed by atoms with E-state index in [0.717, 1.165) is 0 Å². The molecule has 0 aliphatic carbocycles. The first-order valence-corrected chi connectivity index (χ1v) is 9.36. The summed E-state index contributed by atoms with van der Waals surface area (Å²) in [6.07, 6.45) is 1.55. The molecular weight excluding hydrogens is 397 g/mol. The third-order valence-electron chi connectivity index (χ3n) is 3.90. The van der Waals surface area contributed by atoms with E-state index >= 15 is 0 Å². The van der Waals surface area contributed by atoms with Gasteiger partial charge in [0.25, 0.3) is 11.6 Å². The highest BCUT2D eigenvalue weighted by Crippen LogP contribution is 2.29. The molecule has 9 heteroatoms. The summed E-state index contributed by atoms with van der Waals surface area (Å²) in [6, 6.07) is 11.8. The Morgan fingerprint density at radius 1 is 1.28 bits per heavy atom. The number of hydrogen-bond acceptors (Lipinski definition) is 6. The van der Waals surface area contributed by atoms with E-state index in [4.69, 9.17) is 4.74 Å². The molecule has 0 aliphatic heterocycles. The molecule has 0 fully saturated rings. The molecule has 1 aromatic heterocycles. The van der Waals surface area contributed by atoms with E-state index in [1.54, 1.807) is 29.7 Å². The van der Waals surface area contributed by atoms with Crippen molar-refractivity contribution in [1.29, 1.82) is 0 Å². The van der Waals surface area contributed by atoms with Gasteiger partial charge in [0.1, 0.15) is 0 Å². The third kappa shape index (κ3) is 4.82. The largest absolute Gasteiger partial charge is 0.481 e. The number of thiazole rings is 1. The van der Waals surface area contributed by atoms with Crippen LogP contribution in [0.4, 0.5) is 15.2 Å². The minimum atomic E-state index is -0.551. The maximum absolute atomic E-state index is 13.7. The summed E-state index contributed by atoms with van der Waals surface area (Å²) in [6.45, 7) is 3.49. The zero-order valence-electron chi connectivity index (χ0n) is 15.2. The van der Waals surface area contributed by atoms with E-state index in [9.17, 15) is 19.3 Å². The monoisotopic (exact) mass is 413 g/mol. The molecule has 3 aromatic rings. The fourth-order valence-electron chi connectivity index (χ4n) is 2.47. The van der Waals surface area contributed by atoms with Gasteiger partial charge >= 0.3 is 0 Å². The molecule has 0 radical (unpaired) electrons. The Kier molecular flexibility index (Phi) is 6.30. The van der Waals surface area contributed by atoms with E-state index in [0.29, 0.717) is 16.4 Å². The van der Waals surface area contributed by atoms with Crippen LogP contribution in [0.25, 0.3) is 11.3 Å². The average molecular weight is 413 g/mol. The van der Waals surface area contributed by atoms with Gasteiger partial charge in [-0.05, 0) is 24.3 Å². The molecule has 0 aliphatic rings. The summed E-state index contributed by atoms with van der Waals surface area (Å²) in [5.74, 6) is -0.965. The highest BCUT2D eigenvalue weighted by molar-refractivity contribution is 7.14. The number of nitro benzene ring substituents is 1. The first-order chi connectivity index (χ1) is 14.0. The van der Waals surface area contributed by atoms with Crippen LogP contribution in [-0.2, 0) is 4.79 Å². The second-order valence-electron chi connectivity index (χ2n) is 5.83. The summed E-state index contributed by atoms with van der Waals surface area (Å²) in [4.78, 5) is 28.7. The molecule has 1 heterocycles. The molecule has 2 aromatic carbocycles. The molecule has 0 saturated heterocycles. The number of rotatable bonds is 8. The van der Waals surface area contributed by atoms with Crippen molar-refractivity contribution in [3.63, 3.8) is 0 Å². The number of benzene rings is 2. The van der Waals surface area contributed by atoms with E-state index in [1.807, 2.05) is 0 Å². The number of nitrogens with zero attached hydrogens (tertiary/aromatic N) is 3. The third-order valence-corrected chi connectivity index (χ3v) is 4.76. The number of anilines is 1. The van der Waals surface area contributed by atoms with Crippen LogP contribution in [0.5, 0.6) is 5.75 Å². The molecule has 0 spiro atoms. The molecule has 1 amide bonds. The average Bonchev–Trinajstić information content (AvgIpc) is 3.21. The molecule has 148 valence electrons. The molecule has 0 unspecified atom stereocenters. The summed E-state index contributed by atoms with van der Waals surface area (Å²) in [5, 5.41) is 12.9. The maximum atomic E-state index is 13.7. The smallest absolute Gasteiger partial charge is 0.269 e. The summed E-state index contributed by atoms with van der Waals surface area (Å²) >= 11 is 1.24. The Bertz CT molecular complexity index is 1040.